The van der Waals surface area contributed by atoms with Crippen molar-refractivity contribution in [2.75, 3.05) is 7.11 Å². The molecule has 0 fully saturated rings. The summed E-state index contributed by atoms with van der Waals surface area (Å²) in [4.78, 5) is 4.19. The Kier molecular flexibility index (Phi) is 2.92. The van der Waals surface area contributed by atoms with Gasteiger partial charge in [0.1, 0.15) is 10.9 Å². The molecule has 1 aromatic carbocycles. The molecule has 0 saturated heterocycles. The minimum atomic E-state index is 0.290. The van der Waals surface area contributed by atoms with Crippen molar-refractivity contribution in [2.24, 2.45) is 5.16 Å². The summed E-state index contributed by atoms with van der Waals surface area (Å²) in [5, 5.41) is 12.6. The van der Waals surface area contributed by atoms with E-state index >= 15 is 0 Å². The van der Waals surface area contributed by atoms with E-state index < -0.39 is 0 Å². The van der Waals surface area contributed by atoms with E-state index in [1.54, 1.807) is 19.2 Å². The predicted molar refractivity (Wildman–Crippen MR) is 62.7 cm³/mol. The van der Waals surface area contributed by atoms with Crippen molar-refractivity contribution in [1.29, 1.82) is 0 Å². The van der Waals surface area contributed by atoms with Gasteiger partial charge in [0.05, 0.1) is 18.8 Å². The largest absolute Gasteiger partial charge is 0.497 e. The maximum Gasteiger partial charge on any atom is 0.138 e. The zero-order chi connectivity index (χ0) is 11.5. The SMILES string of the molecule is COc1ccc2cc(/C=N/O)c(Cl)nc2c1. The van der Waals surface area contributed by atoms with E-state index in [0.29, 0.717) is 10.7 Å². The lowest BCUT2D eigenvalue weighted by atomic mass is 10.1. The molecule has 0 bridgehead atoms. The Labute approximate surface area is 97.1 Å². The molecule has 0 saturated carbocycles. The van der Waals surface area contributed by atoms with Gasteiger partial charge in [-0.3, -0.25) is 0 Å². The highest BCUT2D eigenvalue weighted by molar-refractivity contribution is 6.32. The zero-order valence-electron chi connectivity index (χ0n) is 8.51. The smallest absolute Gasteiger partial charge is 0.138 e. The zero-order valence-corrected chi connectivity index (χ0v) is 9.27. The topological polar surface area (TPSA) is 54.7 Å². The van der Waals surface area contributed by atoms with E-state index in [-0.39, 0.29) is 0 Å². The van der Waals surface area contributed by atoms with Gasteiger partial charge in [-0.25, -0.2) is 4.98 Å². The molecule has 2 rings (SSSR count). The number of aromatic nitrogens is 1. The molecule has 0 aliphatic carbocycles. The first-order valence-electron chi connectivity index (χ1n) is 4.56. The summed E-state index contributed by atoms with van der Waals surface area (Å²) in [6, 6.07) is 7.29. The van der Waals surface area contributed by atoms with Gasteiger partial charge in [0.25, 0.3) is 0 Å². The lowest BCUT2D eigenvalue weighted by Gasteiger charge is -2.04. The number of benzene rings is 1. The third-order valence-corrected chi connectivity index (χ3v) is 2.50. The number of fused-ring (bicyclic) bond motifs is 1. The van der Waals surface area contributed by atoms with E-state index in [1.807, 2.05) is 12.1 Å². The summed E-state index contributed by atoms with van der Waals surface area (Å²) >= 11 is 5.92. The summed E-state index contributed by atoms with van der Waals surface area (Å²) in [5.74, 6) is 0.722. The quantitative estimate of drug-likeness (QED) is 0.378. The highest BCUT2D eigenvalue weighted by Gasteiger charge is 2.04. The van der Waals surface area contributed by atoms with Crippen molar-refractivity contribution >= 4 is 28.7 Å². The highest BCUT2D eigenvalue weighted by atomic mass is 35.5. The van der Waals surface area contributed by atoms with Crippen LogP contribution in [-0.2, 0) is 0 Å². The molecular weight excluding hydrogens is 228 g/mol. The Balaban J connectivity index is 2.63. The number of pyridine rings is 1. The second kappa shape index (κ2) is 4.37. The van der Waals surface area contributed by atoms with Crippen LogP contribution in [0.2, 0.25) is 5.15 Å². The van der Waals surface area contributed by atoms with Crippen molar-refractivity contribution in [3.05, 3.63) is 35.0 Å². The molecule has 82 valence electrons. The average Bonchev–Trinajstić information content (AvgIpc) is 2.30. The van der Waals surface area contributed by atoms with Crippen LogP contribution in [0, 0.1) is 0 Å². The Morgan fingerprint density at radius 3 is 2.94 bits per heavy atom. The molecule has 0 atom stereocenters. The fourth-order valence-electron chi connectivity index (χ4n) is 1.42. The van der Waals surface area contributed by atoms with Crippen LogP contribution >= 0.6 is 11.6 Å². The normalized spacial score (nSPS) is 11.1. The van der Waals surface area contributed by atoms with Crippen molar-refractivity contribution in [3.8, 4) is 5.75 Å². The number of rotatable bonds is 2. The molecule has 1 heterocycles. The first-order valence-corrected chi connectivity index (χ1v) is 4.94. The maximum atomic E-state index is 8.46. The number of halogens is 1. The summed E-state index contributed by atoms with van der Waals surface area (Å²) < 4.78 is 5.09. The van der Waals surface area contributed by atoms with Gasteiger partial charge in [-0.15, -0.1) is 0 Å². The molecule has 0 amide bonds. The standard InChI is InChI=1S/C11H9ClN2O2/c1-16-9-3-2-7-4-8(6-13-15)11(12)14-10(7)5-9/h2-6,15H,1H3/b13-6+. The molecule has 5 heteroatoms. The molecule has 0 spiro atoms. The highest BCUT2D eigenvalue weighted by Crippen LogP contribution is 2.23. The third-order valence-electron chi connectivity index (χ3n) is 2.20. The Morgan fingerprint density at radius 1 is 1.44 bits per heavy atom. The van der Waals surface area contributed by atoms with E-state index in [9.17, 15) is 0 Å². The Hall–Kier alpha value is -1.81. The second-order valence-corrected chi connectivity index (χ2v) is 3.53. The minimum Gasteiger partial charge on any atom is -0.497 e. The third kappa shape index (κ3) is 1.92. The molecular formula is C11H9ClN2O2. The first-order chi connectivity index (χ1) is 7.74. The predicted octanol–water partition coefficient (Wildman–Crippen LogP) is 2.70. The van der Waals surface area contributed by atoms with Gasteiger partial charge in [-0.05, 0) is 18.2 Å². The van der Waals surface area contributed by atoms with E-state index in [1.165, 1.54) is 6.21 Å². The Morgan fingerprint density at radius 2 is 2.25 bits per heavy atom. The van der Waals surface area contributed by atoms with E-state index in [0.717, 1.165) is 16.7 Å². The molecule has 16 heavy (non-hydrogen) atoms. The summed E-state index contributed by atoms with van der Waals surface area (Å²) in [6.45, 7) is 0. The van der Waals surface area contributed by atoms with Crippen molar-refractivity contribution in [1.82, 2.24) is 4.98 Å². The number of ether oxygens (including phenoxy) is 1. The van der Waals surface area contributed by atoms with Crippen LogP contribution < -0.4 is 4.74 Å². The summed E-state index contributed by atoms with van der Waals surface area (Å²) in [5.41, 5.74) is 1.31. The van der Waals surface area contributed by atoms with Gasteiger partial charge in [0.2, 0.25) is 0 Å². The lowest BCUT2D eigenvalue weighted by molar-refractivity contribution is 0.322. The molecule has 1 N–H and O–H groups in total. The van der Waals surface area contributed by atoms with Gasteiger partial charge in [0, 0.05) is 17.0 Å². The monoisotopic (exact) mass is 236 g/mol. The lowest BCUT2D eigenvalue weighted by Crippen LogP contribution is -1.90. The number of hydrogen-bond donors (Lipinski definition) is 1. The second-order valence-electron chi connectivity index (χ2n) is 3.17. The minimum absolute atomic E-state index is 0.290. The molecule has 0 radical (unpaired) electrons. The van der Waals surface area contributed by atoms with Crippen LogP contribution in [0.1, 0.15) is 5.56 Å². The van der Waals surface area contributed by atoms with Crippen LogP contribution in [0.15, 0.2) is 29.4 Å². The van der Waals surface area contributed by atoms with Crippen molar-refractivity contribution in [3.63, 3.8) is 0 Å². The van der Waals surface area contributed by atoms with Gasteiger partial charge >= 0.3 is 0 Å². The molecule has 0 aliphatic rings. The Bertz CT molecular complexity index is 555. The maximum absolute atomic E-state index is 8.46. The molecule has 0 aliphatic heterocycles. The van der Waals surface area contributed by atoms with Crippen LogP contribution in [0.25, 0.3) is 10.9 Å². The number of hydrogen-bond acceptors (Lipinski definition) is 4. The van der Waals surface area contributed by atoms with Gasteiger partial charge in [0.15, 0.2) is 0 Å². The first kappa shape index (κ1) is 10.7. The van der Waals surface area contributed by atoms with E-state index in [2.05, 4.69) is 10.1 Å². The van der Waals surface area contributed by atoms with Crippen LogP contribution in [0.4, 0.5) is 0 Å². The molecule has 2 aromatic rings. The fourth-order valence-corrected chi connectivity index (χ4v) is 1.61. The summed E-state index contributed by atoms with van der Waals surface area (Å²) in [7, 11) is 1.59. The number of oxime groups is 1. The van der Waals surface area contributed by atoms with E-state index in [4.69, 9.17) is 21.5 Å². The van der Waals surface area contributed by atoms with Gasteiger partial charge < -0.3 is 9.94 Å². The van der Waals surface area contributed by atoms with Crippen molar-refractivity contribution < 1.29 is 9.94 Å². The van der Waals surface area contributed by atoms with Gasteiger partial charge in [-0.1, -0.05) is 16.8 Å². The van der Waals surface area contributed by atoms with Crippen molar-refractivity contribution in [2.45, 2.75) is 0 Å². The number of methoxy groups -OCH3 is 1. The average molecular weight is 237 g/mol. The van der Waals surface area contributed by atoms with Gasteiger partial charge in [-0.2, -0.15) is 0 Å². The molecule has 1 aromatic heterocycles. The fraction of sp³-hybridized carbons (Fsp3) is 0.0909. The summed E-state index contributed by atoms with van der Waals surface area (Å²) in [6.07, 6.45) is 1.25. The molecule has 0 unspecified atom stereocenters. The van der Waals surface area contributed by atoms with Crippen LogP contribution in [0.3, 0.4) is 0 Å². The van der Waals surface area contributed by atoms with Crippen LogP contribution in [-0.4, -0.2) is 23.5 Å². The van der Waals surface area contributed by atoms with Crippen LogP contribution in [0.5, 0.6) is 5.75 Å². The molecule has 4 nitrogen and oxygen atoms in total. The number of nitrogens with zero attached hydrogens (tertiary/aromatic N) is 2.